The Labute approximate surface area is 241 Å². The lowest BCUT2D eigenvalue weighted by Crippen LogP contribution is -2.31. The molecular weight excluding hydrogens is 546 g/mol. The van der Waals surface area contributed by atoms with Gasteiger partial charge in [-0.15, -0.1) is 11.8 Å². The Morgan fingerprint density at radius 1 is 0.951 bits per heavy atom. The van der Waals surface area contributed by atoms with Gasteiger partial charge < -0.3 is 20.5 Å². The maximum atomic E-state index is 13.0. The molecule has 0 aliphatic carbocycles. The van der Waals surface area contributed by atoms with E-state index in [0.717, 1.165) is 22.6 Å². The first-order valence-corrected chi connectivity index (χ1v) is 13.9. The summed E-state index contributed by atoms with van der Waals surface area (Å²) in [6.07, 6.45) is 1.75. The smallest absolute Gasteiger partial charge is 0.338 e. The van der Waals surface area contributed by atoms with Gasteiger partial charge >= 0.3 is 11.9 Å². The van der Waals surface area contributed by atoms with E-state index < -0.39 is 29.7 Å². The lowest BCUT2D eigenvalue weighted by Gasteiger charge is -2.15. The van der Waals surface area contributed by atoms with Crippen LogP contribution in [0, 0.1) is 0 Å². The van der Waals surface area contributed by atoms with Crippen LogP contribution >= 0.6 is 11.8 Å². The summed E-state index contributed by atoms with van der Waals surface area (Å²) in [5.74, 6) is -2.44. The van der Waals surface area contributed by atoms with E-state index in [1.54, 1.807) is 30.3 Å². The molecule has 1 aliphatic heterocycles. The lowest BCUT2D eigenvalue weighted by atomic mass is 10.2. The summed E-state index contributed by atoms with van der Waals surface area (Å²) in [5.41, 5.74) is 7.65. The van der Waals surface area contributed by atoms with Gasteiger partial charge in [0.25, 0.3) is 5.91 Å². The van der Waals surface area contributed by atoms with Crippen molar-refractivity contribution in [2.45, 2.75) is 36.3 Å². The normalized spacial score (nSPS) is 14.6. The first-order valence-electron chi connectivity index (χ1n) is 13.0. The highest BCUT2D eigenvalue weighted by Gasteiger charge is 2.40. The number of benzene rings is 3. The van der Waals surface area contributed by atoms with Crippen LogP contribution in [0.4, 0.5) is 17.1 Å². The van der Waals surface area contributed by atoms with E-state index in [-0.39, 0.29) is 23.8 Å². The van der Waals surface area contributed by atoms with Crippen LogP contribution in [0.2, 0.25) is 0 Å². The molecule has 1 fully saturated rings. The standard InChI is InChI=1S/C30H29N3O7S/c1-2-3-15-39-29(37)19-7-11-22(12-8-19)32-26(34)18-40-30(38)20-9-13-23(14-10-20)33-27(35)17-25(28(33)36)41-24-6-4-5-21(31)16-24/h4-14,16,25H,2-3,15,17-18,31H2,1H3,(H,32,34). The van der Waals surface area contributed by atoms with Crippen molar-refractivity contribution in [3.63, 3.8) is 0 Å². The zero-order valence-corrected chi connectivity index (χ0v) is 23.1. The van der Waals surface area contributed by atoms with E-state index in [1.165, 1.54) is 48.2 Å². The Balaban J connectivity index is 1.27. The molecule has 3 aromatic rings. The number of nitrogens with zero attached hydrogens (tertiary/aromatic N) is 1. The number of carbonyl (C=O) groups excluding carboxylic acids is 5. The third-order valence-corrected chi connectivity index (χ3v) is 7.25. The summed E-state index contributed by atoms with van der Waals surface area (Å²) in [6.45, 7) is 1.81. The van der Waals surface area contributed by atoms with Gasteiger partial charge in [-0.2, -0.15) is 0 Å². The van der Waals surface area contributed by atoms with Crippen molar-refractivity contribution < 1.29 is 33.4 Å². The number of hydrogen-bond donors (Lipinski definition) is 2. The van der Waals surface area contributed by atoms with Crippen molar-refractivity contribution in [3.05, 3.63) is 83.9 Å². The summed E-state index contributed by atoms with van der Waals surface area (Å²) in [6, 6.07) is 19.1. The van der Waals surface area contributed by atoms with Gasteiger partial charge in [0.15, 0.2) is 6.61 Å². The molecule has 0 bridgehead atoms. The molecule has 212 valence electrons. The molecule has 3 aromatic carbocycles. The highest BCUT2D eigenvalue weighted by atomic mass is 32.2. The zero-order chi connectivity index (χ0) is 29.4. The second-order valence-corrected chi connectivity index (χ2v) is 10.5. The number of nitrogen functional groups attached to an aromatic ring is 1. The molecule has 0 saturated carbocycles. The Bertz CT molecular complexity index is 1440. The Hall–Kier alpha value is -4.64. The highest BCUT2D eigenvalue weighted by Crippen LogP contribution is 2.34. The molecule has 0 aromatic heterocycles. The molecule has 1 unspecified atom stereocenters. The third-order valence-electron chi connectivity index (χ3n) is 6.07. The van der Waals surface area contributed by atoms with Gasteiger partial charge in [-0.3, -0.25) is 14.4 Å². The molecule has 10 nitrogen and oxygen atoms in total. The number of anilines is 3. The first kappa shape index (κ1) is 29.3. The van der Waals surface area contributed by atoms with Crippen molar-refractivity contribution in [2.24, 2.45) is 0 Å². The summed E-state index contributed by atoms with van der Waals surface area (Å²) in [7, 11) is 0. The van der Waals surface area contributed by atoms with Crippen LogP contribution in [0.15, 0.2) is 77.7 Å². The van der Waals surface area contributed by atoms with Gasteiger partial charge in [0.05, 0.1) is 28.7 Å². The van der Waals surface area contributed by atoms with Gasteiger partial charge in [0.1, 0.15) is 0 Å². The number of carbonyl (C=O) groups is 5. The minimum atomic E-state index is -0.744. The number of hydrogen-bond acceptors (Lipinski definition) is 9. The van der Waals surface area contributed by atoms with Crippen molar-refractivity contribution in [2.75, 3.05) is 29.2 Å². The van der Waals surface area contributed by atoms with Crippen LogP contribution < -0.4 is 16.0 Å². The van der Waals surface area contributed by atoms with Gasteiger partial charge in [0.2, 0.25) is 11.8 Å². The van der Waals surface area contributed by atoms with Crippen LogP contribution in [-0.2, 0) is 23.9 Å². The predicted octanol–water partition coefficient (Wildman–Crippen LogP) is 4.45. The van der Waals surface area contributed by atoms with Crippen molar-refractivity contribution in [3.8, 4) is 0 Å². The van der Waals surface area contributed by atoms with Crippen LogP contribution in [0.25, 0.3) is 0 Å². The van der Waals surface area contributed by atoms with E-state index in [9.17, 15) is 24.0 Å². The SMILES string of the molecule is CCCCOC(=O)c1ccc(NC(=O)COC(=O)c2ccc(N3C(=O)CC(Sc4cccc(N)c4)C3=O)cc2)cc1. The number of thioether (sulfide) groups is 1. The number of amides is 3. The fourth-order valence-corrected chi connectivity index (χ4v) is 5.08. The molecule has 1 saturated heterocycles. The molecule has 0 spiro atoms. The van der Waals surface area contributed by atoms with E-state index >= 15 is 0 Å². The average Bonchev–Trinajstić information content (AvgIpc) is 3.24. The van der Waals surface area contributed by atoms with Gasteiger partial charge in [-0.05, 0) is 73.2 Å². The molecule has 41 heavy (non-hydrogen) atoms. The molecule has 1 heterocycles. The van der Waals surface area contributed by atoms with E-state index in [0.29, 0.717) is 29.2 Å². The minimum Gasteiger partial charge on any atom is -0.462 e. The summed E-state index contributed by atoms with van der Waals surface area (Å²) >= 11 is 1.27. The fourth-order valence-electron chi connectivity index (χ4n) is 3.96. The Kier molecular flexibility index (Phi) is 9.75. The quantitative estimate of drug-likeness (QED) is 0.147. The maximum Gasteiger partial charge on any atom is 0.338 e. The molecule has 11 heteroatoms. The average molecular weight is 576 g/mol. The van der Waals surface area contributed by atoms with Crippen LogP contribution in [0.5, 0.6) is 0 Å². The summed E-state index contributed by atoms with van der Waals surface area (Å²) in [4.78, 5) is 64.1. The van der Waals surface area contributed by atoms with E-state index in [4.69, 9.17) is 15.2 Å². The van der Waals surface area contributed by atoms with E-state index in [1.807, 2.05) is 13.0 Å². The third kappa shape index (κ3) is 7.73. The Morgan fingerprint density at radius 2 is 1.61 bits per heavy atom. The van der Waals surface area contributed by atoms with Gasteiger partial charge in [0, 0.05) is 22.7 Å². The topological polar surface area (TPSA) is 145 Å². The molecule has 1 atom stereocenters. The number of unbranched alkanes of at least 4 members (excludes halogenated alkanes) is 1. The molecule has 0 radical (unpaired) electrons. The maximum absolute atomic E-state index is 13.0. The van der Waals surface area contributed by atoms with Gasteiger partial charge in [-0.1, -0.05) is 19.4 Å². The van der Waals surface area contributed by atoms with Crippen molar-refractivity contribution in [1.82, 2.24) is 0 Å². The number of rotatable bonds is 11. The van der Waals surface area contributed by atoms with E-state index in [2.05, 4.69) is 5.32 Å². The number of imide groups is 1. The number of esters is 2. The Morgan fingerprint density at radius 3 is 2.27 bits per heavy atom. The molecule has 3 N–H and O–H groups in total. The number of nitrogens with one attached hydrogen (secondary N) is 1. The largest absolute Gasteiger partial charge is 0.462 e. The summed E-state index contributed by atoms with van der Waals surface area (Å²) in [5, 5.41) is 2.01. The monoisotopic (exact) mass is 575 g/mol. The molecule has 1 aliphatic rings. The highest BCUT2D eigenvalue weighted by molar-refractivity contribution is 8.00. The van der Waals surface area contributed by atoms with Gasteiger partial charge in [-0.25, -0.2) is 14.5 Å². The second kappa shape index (κ2) is 13.6. The summed E-state index contributed by atoms with van der Waals surface area (Å²) < 4.78 is 10.2. The van der Waals surface area contributed by atoms with Crippen molar-refractivity contribution >= 4 is 58.5 Å². The van der Waals surface area contributed by atoms with Crippen LogP contribution in [0.1, 0.15) is 46.9 Å². The minimum absolute atomic E-state index is 0.0446. The number of ether oxygens (including phenoxy) is 2. The molecular formula is C30H29N3O7S. The van der Waals surface area contributed by atoms with Crippen molar-refractivity contribution in [1.29, 1.82) is 0 Å². The van der Waals surface area contributed by atoms with Crippen LogP contribution in [0.3, 0.4) is 0 Å². The van der Waals surface area contributed by atoms with Crippen LogP contribution in [-0.4, -0.2) is 48.1 Å². The zero-order valence-electron chi connectivity index (χ0n) is 22.3. The second-order valence-electron chi connectivity index (χ2n) is 9.19. The predicted molar refractivity (Wildman–Crippen MR) is 155 cm³/mol. The number of nitrogens with two attached hydrogens (primary N) is 1. The molecule has 4 rings (SSSR count). The fraction of sp³-hybridized carbons (Fsp3) is 0.233. The lowest BCUT2D eigenvalue weighted by molar-refractivity contribution is -0.121. The molecule has 3 amide bonds. The first-order chi connectivity index (χ1) is 19.7.